The molecule has 1 radical (unpaired) electrons. The SMILES string of the molecule is COc1ccc(-c2ccc[c]n2)cc1. The summed E-state index contributed by atoms with van der Waals surface area (Å²) in [6.07, 6.45) is 2.81. The minimum Gasteiger partial charge on any atom is -0.497 e. The summed E-state index contributed by atoms with van der Waals surface area (Å²) < 4.78 is 5.08. The molecule has 0 bridgehead atoms. The highest BCUT2D eigenvalue weighted by atomic mass is 16.5. The number of hydrogen-bond donors (Lipinski definition) is 0. The number of aromatic nitrogens is 1. The van der Waals surface area contributed by atoms with Gasteiger partial charge < -0.3 is 4.74 Å². The van der Waals surface area contributed by atoms with Gasteiger partial charge in [0.25, 0.3) is 0 Å². The quantitative estimate of drug-likeness (QED) is 0.715. The predicted octanol–water partition coefficient (Wildman–Crippen LogP) is 2.56. The number of benzene rings is 1. The van der Waals surface area contributed by atoms with Gasteiger partial charge in [0.05, 0.1) is 19.0 Å². The van der Waals surface area contributed by atoms with Crippen molar-refractivity contribution in [1.82, 2.24) is 4.98 Å². The van der Waals surface area contributed by atoms with Gasteiger partial charge in [-0.25, -0.2) is 4.98 Å². The molecule has 0 saturated heterocycles. The number of rotatable bonds is 2. The van der Waals surface area contributed by atoms with Crippen LogP contribution in [0.3, 0.4) is 0 Å². The van der Waals surface area contributed by atoms with Crippen LogP contribution in [-0.4, -0.2) is 12.1 Å². The highest BCUT2D eigenvalue weighted by Crippen LogP contribution is 2.19. The average molecular weight is 184 g/mol. The minimum atomic E-state index is 0.855. The summed E-state index contributed by atoms with van der Waals surface area (Å²) >= 11 is 0. The molecule has 0 aliphatic carbocycles. The van der Waals surface area contributed by atoms with Gasteiger partial charge in [-0.2, -0.15) is 0 Å². The van der Waals surface area contributed by atoms with Gasteiger partial charge in [0.2, 0.25) is 0 Å². The van der Waals surface area contributed by atoms with E-state index in [4.69, 9.17) is 4.74 Å². The van der Waals surface area contributed by atoms with E-state index < -0.39 is 0 Å². The molecule has 2 rings (SSSR count). The molecular weight excluding hydrogens is 174 g/mol. The Morgan fingerprint density at radius 2 is 1.93 bits per heavy atom. The summed E-state index contributed by atoms with van der Waals surface area (Å²) in [6.45, 7) is 0. The fourth-order valence-corrected chi connectivity index (χ4v) is 1.25. The molecular formula is C12H10NO. The maximum absolute atomic E-state index is 5.08. The van der Waals surface area contributed by atoms with Gasteiger partial charge in [0, 0.05) is 5.56 Å². The first kappa shape index (κ1) is 8.75. The monoisotopic (exact) mass is 184 g/mol. The average Bonchev–Trinajstić information content (AvgIpc) is 2.30. The third kappa shape index (κ3) is 1.74. The van der Waals surface area contributed by atoms with E-state index in [2.05, 4.69) is 11.2 Å². The molecule has 2 heteroatoms. The second-order valence-corrected chi connectivity index (χ2v) is 2.88. The summed E-state index contributed by atoms with van der Waals surface area (Å²) in [5.74, 6) is 0.855. The van der Waals surface area contributed by atoms with E-state index in [1.807, 2.05) is 36.4 Å². The molecule has 1 aromatic heterocycles. The second kappa shape index (κ2) is 3.92. The highest BCUT2D eigenvalue weighted by Gasteiger charge is 1.97. The molecule has 2 nitrogen and oxygen atoms in total. The molecule has 0 aliphatic heterocycles. The molecule has 1 heterocycles. The molecule has 0 N–H and O–H groups in total. The molecule has 2 aromatic rings. The molecule has 0 saturated carbocycles. The van der Waals surface area contributed by atoms with Crippen LogP contribution in [0.2, 0.25) is 0 Å². The van der Waals surface area contributed by atoms with E-state index in [0.717, 1.165) is 17.0 Å². The molecule has 14 heavy (non-hydrogen) atoms. The first-order chi connectivity index (χ1) is 6.90. The molecule has 0 unspecified atom stereocenters. The van der Waals surface area contributed by atoms with Gasteiger partial charge >= 0.3 is 0 Å². The van der Waals surface area contributed by atoms with Gasteiger partial charge in [-0.3, -0.25) is 0 Å². The van der Waals surface area contributed by atoms with Crippen molar-refractivity contribution in [3.63, 3.8) is 0 Å². The third-order valence-corrected chi connectivity index (χ3v) is 2.00. The normalized spacial score (nSPS) is 9.79. The largest absolute Gasteiger partial charge is 0.497 e. The Morgan fingerprint density at radius 1 is 1.14 bits per heavy atom. The van der Waals surface area contributed by atoms with Crippen LogP contribution < -0.4 is 4.74 Å². The van der Waals surface area contributed by atoms with Crippen LogP contribution in [-0.2, 0) is 0 Å². The van der Waals surface area contributed by atoms with E-state index in [0.29, 0.717) is 0 Å². The molecule has 0 aliphatic rings. The third-order valence-electron chi connectivity index (χ3n) is 2.00. The fourth-order valence-electron chi connectivity index (χ4n) is 1.25. The van der Waals surface area contributed by atoms with Crippen LogP contribution in [0.25, 0.3) is 11.3 Å². The Bertz CT molecular complexity index is 394. The number of hydrogen-bond acceptors (Lipinski definition) is 2. The summed E-state index contributed by atoms with van der Waals surface area (Å²) in [6, 6.07) is 13.5. The zero-order chi connectivity index (χ0) is 9.80. The van der Waals surface area contributed by atoms with Gasteiger partial charge in [0.1, 0.15) is 5.75 Å². The zero-order valence-corrected chi connectivity index (χ0v) is 7.90. The molecule has 69 valence electrons. The number of ether oxygens (including phenoxy) is 1. The molecule has 0 fully saturated rings. The summed E-state index contributed by atoms with van der Waals surface area (Å²) in [5.41, 5.74) is 2.00. The Hall–Kier alpha value is -1.83. The summed E-state index contributed by atoms with van der Waals surface area (Å²) in [4.78, 5) is 4.14. The first-order valence-corrected chi connectivity index (χ1v) is 4.37. The van der Waals surface area contributed by atoms with Crippen LogP contribution in [0.1, 0.15) is 0 Å². The van der Waals surface area contributed by atoms with Gasteiger partial charge in [-0.05, 0) is 36.4 Å². The standard InChI is InChI=1S/C12H10NO/c1-14-11-7-5-10(6-8-11)12-4-2-3-9-13-12/h2-8H,1H3. The van der Waals surface area contributed by atoms with Crippen LogP contribution in [0.5, 0.6) is 5.75 Å². The number of pyridine rings is 1. The minimum absolute atomic E-state index is 0.855. The second-order valence-electron chi connectivity index (χ2n) is 2.88. The molecule has 0 atom stereocenters. The lowest BCUT2D eigenvalue weighted by Gasteiger charge is -2.01. The van der Waals surface area contributed by atoms with Gasteiger partial charge in [-0.1, -0.05) is 6.07 Å². The van der Waals surface area contributed by atoms with Crippen LogP contribution in [0.4, 0.5) is 0 Å². The van der Waals surface area contributed by atoms with Crippen molar-refractivity contribution in [3.05, 3.63) is 48.7 Å². The lowest BCUT2D eigenvalue weighted by molar-refractivity contribution is 0.415. The Labute approximate surface area is 83.2 Å². The highest BCUT2D eigenvalue weighted by molar-refractivity contribution is 5.59. The van der Waals surface area contributed by atoms with Crippen molar-refractivity contribution in [2.45, 2.75) is 0 Å². The van der Waals surface area contributed by atoms with Gasteiger partial charge in [0.15, 0.2) is 0 Å². The Balaban J connectivity index is 2.34. The van der Waals surface area contributed by atoms with Crippen molar-refractivity contribution < 1.29 is 4.74 Å². The van der Waals surface area contributed by atoms with E-state index in [9.17, 15) is 0 Å². The Morgan fingerprint density at radius 3 is 2.50 bits per heavy atom. The van der Waals surface area contributed by atoms with Crippen LogP contribution >= 0.6 is 0 Å². The molecule has 0 spiro atoms. The van der Waals surface area contributed by atoms with E-state index in [1.165, 1.54) is 0 Å². The molecule has 0 amide bonds. The van der Waals surface area contributed by atoms with Gasteiger partial charge in [-0.15, -0.1) is 0 Å². The van der Waals surface area contributed by atoms with Crippen LogP contribution in [0, 0.1) is 6.20 Å². The maximum atomic E-state index is 5.08. The lowest BCUT2D eigenvalue weighted by Crippen LogP contribution is -1.84. The number of methoxy groups -OCH3 is 1. The van der Waals surface area contributed by atoms with E-state index in [1.54, 1.807) is 13.2 Å². The van der Waals surface area contributed by atoms with Crippen molar-refractivity contribution in [1.29, 1.82) is 0 Å². The number of nitrogens with zero attached hydrogens (tertiary/aromatic N) is 1. The Kier molecular flexibility index (Phi) is 2.45. The zero-order valence-electron chi connectivity index (χ0n) is 7.90. The van der Waals surface area contributed by atoms with Crippen molar-refractivity contribution in [2.75, 3.05) is 7.11 Å². The van der Waals surface area contributed by atoms with Crippen LogP contribution in [0.15, 0.2) is 42.5 Å². The topological polar surface area (TPSA) is 22.1 Å². The first-order valence-electron chi connectivity index (χ1n) is 4.37. The van der Waals surface area contributed by atoms with E-state index >= 15 is 0 Å². The van der Waals surface area contributed by atoms with Crippen molar-refractivity contribution in [3.8, 4) is 17.0 Å². The lowest BCUT2D eigenvalue weighted by atomic mass is 10.1. The van der Waals surface area contributed by atoms with E-state index in [-0.39, 0.29) is 0 Å². The van der Waals surface area contributed by atoms with Crippen molar-refractivity contribution >= 4 is 0 Å². The fraction of sp³-hybridized carbons (Fsp3) is 0.0833. The summed E-state index contributed by atoms with van der Waals surface area (Å²) in [7, 11) is 1.66. The van der Waals surface area contributed by atoms with Crippen molar-refractivity contribution in [2.24, 2.45) is 0 Å². The summed E-state index contributed by atoms with van der Waals surface area (Å²) in [5, 5.41) is 0. The predicted molar refractivity (Wildman–Crippen MR) is 55.1 cm³/mol. The molecule has 1 aromatic carbocycles. The smallest absolute Gasteiger partial charge is 0.118 e. The maximum Gasteiger partial charge on any atom is 0.118 e.